The van der Waals surface area contributed by atoms with Gasteiger partial charge in [0.1, 0.15) is 10.6 Å². The van der Waals surface area contributed by atoms with Gasteiger partial charge in [-0.2, -0.15) is 0 Å². The maximum atomic E-state index is 12.4. The molecule has 112 valence electrons. The average Bonchev–Trinajstić information content (AvgIpc) is 3.13. The van der Waals surface area contributed by atoms with Gasteiger partial charge in [0.15, 0.2) is 0 Å². The number of halogens is 1. The van der Waals surface area contributed by atoms with Crippen molar-refractivity contribution in [2.75, 3.05) is 20.8 Å². The standard InChI is InChI=1S/C12H17ClN2O4S/c1-14(9-3-4-9)12(16)11-7-10(20(13,17)18)8-15(11)5-6-19-2/h7-9H,3-6H2,1-2H3. The van der Waals surface area contributed by atoms with Crippen molar-refractivity contribution >= 4 is 25.6 Å². The van der Waals surface area contributed by atoms with Crippen LogP contribution in [0.15, 0.2) is 17.2 Å². The van der Waals surface area contributed by atoms with Gasteiger partial charge in [-0.25, -0.2) is 8.42 Å². The number of ether oxygens (including phenoxy) is 1. The number of carbonyl (C=O) groups is 1. The van der Waals surface area contributed by atoms with Gasteiger partial charge in [-0.05, 0) is 18.9 Å². The monoisotopic (exact) mass is 320 g/mol. The number of amides is 1. The molecule has 6 nitrogen and oxygen atoms in total. The average molecular weight is 321 g/mol. The summed E-state index contributed by atoms with van der Waals surface area (Å²) < 4.78 is 29.4. The van der Waals surface area contributed by atoms with E-state index in [0.29, 0.717) is 18.8 Å². The molecule has 0 aromatic carbocycles. The highest BCUT2D eigenvalue weighted by Gasteiger charge is 2.32. The van der Waals surface area contributed by atoms with Crippen LogP contribution in [0.4, 0.5) is 0 Å². The second kappa shape index (κ2) is 5.75. The molecule has 0 radical (unpaired) electrons. The van der Waals surface area contributed by atoms with Gasteiger partial charge in [0.2, 0.25) is 0 Å². The van der Waals surface area contributed by atoms with Crippen LogP contribution in [0.3, 0.4) is 0 Å². The third-order valence-corrected chi connectivity index (χ3v) is 4.64. The molecule has 1 aliphatic rings. The van der Waals surface area contributed by atoms with Gasteiger partial charge in [0.05, 0.1) is 6.61 Å². The van der Waals surface area contributed by atoms with Crippen molar-refractivity contribution in [1.29, 1.82) is 0 Å². The fourth-order valence-corrected chi connectivity index (χ4v) is 2.74. The van der Waals surface area contributed by atoms with Crippen molar-refractivity contribution < 1.29 is 17.9 Å². The van der Waals surface area contributed by atoms with Gasteiger partial charge in [-0.1, -0.05) is 0 Å². The number of aromatic nitrogens is 1. The van der Waals surface area contributed by atoms with Gasteiger partial charge < -0.3 is 14.2 Å². The number of rotatable bonds is 6. The van der Waals surface area contributed by atoms with Crippen LogP contribution in [0.1, 0.15) is 23.3 Å². The Morgan fingerprint density at radius 3 is 2.70 bits per heavy atom. The quantitative estimate of drug-likeness (QED) is 0.741. The molecule has 0 bridgehead atoms. The summed E-state index contributed by atoms with van der Waals surface area (Å²) in [6.07, 6.45) is 3.35. The van der Waals surface area contributed by atoms with Gasteiger partial charge >= 0.3 is 0 Å². The molecule has 0 unspecified atom stereocenters. The molecule has 1 heterocycles. The first-order valence-electron chi connectivity index (χ1n) is 6.25. The second-order valence-electron chi connectivity index (χ2n) is 4.83. The molecule has 20 heavy (non-hydrogen) atoms. The summed E-state index contributed by atoms with van der Waals surface area (Å²) in [6, 6.07) is 1.57. The smallest absolute Gasteiger partial charge is 0.270 e. The highest BCUT2D eigenvalue weighted by atomic mass is 35.7. The van der Waals surface area contributed by atoms with Gasteiger partial charge in [-0.15, -0.1) is 0 Å². The third-order valence-electron chi connectivity index (χ3n) is 3.32. The molecular formula is C12H17ClN2O4S. The minimum atomic E-state index is -3.85. The molecule has 0 saturated heterocycles. The molecule has 1 fully saturated rings. The van der Waals surface area contributed by atoms with Crippen LogP contribution < -0.4 is 0 Å². The predicted molar refractivity (Wildman–Crippen MR) is 74.5 cm³/mol. The number of methoxy groups -OCH3 is 1. The number of carbonyl (C=O) groups excluding carboxylic acids is 1. The molecule has 1 aromatic heterocycles. The van der Waals surface area contributed by atoms with E-state index in [4.69, 9.17) is 15.4 Å². The molecule has 8 heteroatoms. The van der Waals surface area contributed by atoms with E-state index >= 15 is 0 Å². The summed E-state index contributed by atoms with van der Waals surface area (Å²) >= 11 is 0. The third kappa shape index (κ3) is 3.34. The van der Waals surface area contributed by atoms with Crippen molar-refractivity contribution in [1.82, 2.24) is 9.47 Å². The molecule has 1 aromatic rings. The zero-order valence-corrected chi connectivity index (χ0v) is 12.9. The lowest BCUT2D eigenvalue weighted by atomic mass is 10.3. The van der Waals surface area contributed by atoms with Crippen LogP contribution >= 0.6 is 10.7 Å². The van der Waals surface area contributed by atoms with E-state index < -0.39 is 9.05 Å². The van der Waals surface area contributed by atoms with Gasteiger partial charge in [-0.3, -0.25) is 4.79 Å². The molecule has 1 saturated carbocycles. The Labute approximate surface area is 122 Å². The van der Waals surface area contributed by atoms with E-state index in [0.717, 1.165) is 12.8 Å². The molecule has 0 N–H and O–H groups in total. The Balaban J connectivity index is 2.33. The van der Waals surface area contributed by atoms with Crippen LogP contribution in [0.25, 0.3) is 0 Å². The summed E-state index contributed by atoms with van der Waals surface area (Å²) in [5.74, 6) is -0.199. The summed E-state index contributed by atoms with van der Waals surface area (Å²) in [6.45, 7) is 0.770. The van der Waals surface area contributed by atoms with Crippen molar-refractivity contribution in [2.45, 2.75) is 30.3 Å². The molecule has 0 spiro atoms. The highest BCUT2D eigenvalue weighted by molar-refractivity contribution is 8.13. The molecule has 2 rings (SSSR count). The van der Waals surface area contributed by atoms with Crippen LogP contribution in [0.5, 0.6) is 0 Å². The first kappa shape index (κ1) is 15.3. The normalized spacial score (nSPS) is 15.3. The number of hydrogen-bond donors (Lipinski definition) is 0. The van der Waals surface area contributed by atoms with E-state index in [2.05, 4.69) is 0 Å². The Kier molecular flexibility index (Phi) is 4.41. The van der Waals surface area contributed by atoms with E-state index in [-0.39, 0.29) is 16.8 Å². The van der Waals surface area contributed by atoms with E-state index in [1.165, 1.54) is 12.3 Å². The topological polar surface area (TPSA) is 68.6 Å². The zero-order valence-electron chi connectivity index (χ0n) is 11.4. The molecule has 0 aliphatic heterocycles. The van der Waals surface area contributed by atoms with Crippen molar-refractivity contribution in [3.05, 3.63) is 18.0 Å². The molecule has 1 amide bonds. The summed E-state index contributed by atoms with van der Waals surface area (Å²) in [5, 5.41) is 0. The zero-order chi connectivity index (χ0) is 14.9. The summed E-state index contributed by atoms with van der Waals surface area (Å²) in [7, 11) is 4.75. The summed E-state index contributed by atoms with van der Waals surface area (Å²) in [4.78, 5) is 14.0. The first-order chi connectivity index (χ1) is 9.34. The van der Waals surface area contributed by atoms with Gasteiger partial charge in [0.25, 0.3) is 15.0 Å². The lowest BCUT2D eigenvalue weighted by Gasteiger charge is -2.17. The lowest BCUT2D eigenvalue weighted by Crippen LogP contribution is -2.30. The van der Waals surface area contributed by atoms with Crippen LogP contribution in [0.2, 0.25) is 0 Å². The fraction of sp³-hybridized carbons (Fsp3) is 0.583. The predicted octanol–water partition coefficient (Wildman–Crippen LogP) is 1.30. The molecule has 0 atom stereocenters. The fourth-order valence-electron chi connectivity index (χ4n) is 1.98. The Morgan fingerprint density at radius 2 is 2.20 bits per heavy atom. The van der Waals surface area contributed by atoms with E-state index in [9.17, 15) is 13.2 Å². The second-order valence-corrected chi connectivity index (χ2v) is 7.40. The minimum Gasteiger partial charge on any atom is -0.383 e. The Bertz CT molecular complexity index is 607. The summed E-state index contributed by atoms with van der Waals surface area (Å²) in [5.41, 5.74) is 0.315. The van der Waals surface area contributed by atoms with Crippen LogP contribution in [-0.4, -0.2) is 50.6 Å². The number of hydrogen-bond acceptors (Lipinski definition) is 4. The van der Waals surface area contributed by atoms with E-state index in [1.807, 2.05) is 0 Å². The minimum absolute atomic E-state index is 0.0668. The van der Waals surface area contributed by atoms with Crippen LogP contribution in [-0.2, 0) is 20.3 Å². The number of nitrogens with zero attached hydrogens (tertiary/aromatic N) is 2. The molecular weight excluding hydrogens is 304 g/mol. The van der Waals surface area contributed by atoms with Crippen molar-refractivity contribution in [2.24, 2.45) is 0 Å². The SMILES string of the molecule is COCCn1cc(S(=O)(=O)Cl)cc1C(=O)N(C)C1CC1. The first-order valence-corrected chi connectivity index (χ1v) is 8.56. The van der Waals surface area contributed by atoms with Crippen molar-refractivity contribution in [3.8, 4) is 0 Å². The maximum Gasteiger partial charge on any atom is 0.270 e. The molecule has 1 aliphatic carbocycles. The van der Waals surface area contributed by atoms with Crippen molar-refractivity contribution in [3.63, 3.8) is 0 Å². The Morgan fingerprint density at radius 1 is 1.55 bits per heavy atom. The van der Waals surface area contributed by atoms with E-state index in [1.54, 1.807) is 23.6 Å². The van der Waals surface area contributed by atoms with Crippen LogP contribution in [0, 0.1) is 0 Å². The highest BCUT2D eigenvalue weighted by Crippen LogP contribution is 2.28. The largest absolute Gasteiger partial charge is 0.383 e. The van der Waals surface area contributed by atoms with Gasteiger partial charge in [0, 0.05) is 43.6 Å². The Hall–Kier alpha value is -1.05. The maximum absolute atomic E-state index is 12.4. The lowest BCUT2D eigenvalue weighted by molar-refractivity contribution is 0.0771.